The molecule has 0 atom stereocenters. The fourth-order valence-electron chi connectivity index (χ4n) is 3.27. The third-order valence-corrected chi connectivity index (χ3v) is 4.74. The molecule has 3 rings (SSSR count). The molecule has 1 amide bonds. The molecule has 1 N–H and O–H groups in total. The van der Waals surface area contributed by atoms with Crippen LogP contribution in [0.4, 0.5) is 11.4 Å². The predicted molar refractivity (Wildman–Crippen MR) is 113 cm³/mol. The van der Waals surface area contributed by atoms with Crippen molar-refractivity contribution in [2.24, 2.45) is 5.10 Å². The molecule has 0 bridgehead atoms. The standard InChI is InChI=1S/C21H24N4O5/c1-29-19-7-3-4-8-20(19)30-15-21(26)23-22-14-16-13-17(25(27)28)9-10-18(16)24-11-5-2-6-12-24/h3-4,7-10,13-14H,2,5-6,11-12,15H2,1H3,(H,23,26)/b22-14-. The molecule has 9 heteroatoms. The van der Waals surface area contributed by atoms with Crippen molar-refractivity contribution in [1.82, 2.24) is 5.43 Å². The van der Waals surface area contributed by atoms with E-state index in [9.17, 15) is 14.9 Å². The van der Waals surface area contributed by atoms with Crippen LogP contribution in [-0.4, -0.2) is 43.9 Å². The topological polar surface area (TPSA) is 106 Å². The number of piperidine rings is 1. The van der Waals surface area contributed by atoms with E-state index in [-0.39, 0.29) is 12.3 Å². The van der Waals surface area contributed by atoms with Gasteiger partial charge < -0.3 is 14.4 Å². The van der Waals surface area contributed by atoms with Gasteiger partial charge in [-0.15, -0.1) is 0 Å². The van der Waals surface area contributed by atoms with Crippen LogP contribution >= 0.6 is 0 Å². The number of hydrazone groups is 1. The molecule has 1 saturated heterocycles. The number of amides is 1. The van der Waals surface area contributed by atoms with Gasteiger partial charge in [-0.2, -0.15) is 5.10 Å². The van der Waals surface area contributed by atoms with Crippen LogP contribution < -0.4 is 19.8 Å². The largest absolute Gasteiger partial charge is 0.493 e. The Morgan fingerprint density at radius 1 is 1.20 bits per heavy atom. The number of nitrogens with one attached hydrogen (secondary N) is 1. The third kappa shape index (κ3) is 5.47. The molecular weight excluding hydrogens is 388 g/mol. The van der Waals surface area contributed by atoms with Gasteiger partial charge >= 0.3 is 0 Å². The lowest BCUT2D eigenvalue weighted by molar-refractivity contribution is -0.384. The summed E-state index contributed by atoms with van der Waals surface area (Å²) in [6.07, 6.45) is 4.75. The van der Waals surface area contributed by atoms with Gasteiger partial charge in [-0.25, -0.2) is 5.43 Å². The number of benzene rings is 2. The third-order valence-electron chi connectivity index (χ3n) is 4.74. The average Bonchev–Trinajstić information content (AvgIpc) is 2.78. The molecular formula is C21H24N4O5. The van der Waals surface area contributed by atoms with Gasteiger partial charge in [0.2, 0.25) is 0 Å². The molecule has 0 aliphatic carbocycles. The van der Waals surface area contributed by atoms with Crippen molar-refractivity contribution in [3.8, 4) is 11.5 Å². The van der Waals surface area contributed by atoms with E-state index in [1.165, 1.54) is 31.9 Å². The molecule has 0 spiro atoms. The summed E-state index contributed by atoms with van der Waals surface area (Å²) in [5.74, 6) is 0.517. The fourth-order valence-corrected chi connectivity index (χ4v) is 3.27. The van der Waals surface area contributed by atoms with Crippen LogP contribution in [0.15, 0.2) is 47.6 Å². The highest BCUT2D eigenvalue weighted by Gasteiger charge is 2.17. The van der Waals surface area contributed by atoms with Gasteiger partial charge in [-0.1, -0.05) is 12.1 Å². The molecule has 0 unspecified atom stereocenters. The van der Waals surface area contributed by atoms with Crippen LogP contribution in [0.2, 0.25) is 0 Å². The Bertz CT molecular complexity index is 925. The van der Waals surface area contributed by atoms with Gasteiger partial charge in [0.15, 0.2) is 18.1 Å². The minimum atomic E-state index is -0.456. The van der Waals surface area contributed by atoms with E-state index in [4.69, 9.17) is 9.47 Å². The van der Waals surface area contributed by atoms with Crippen LogP contribution in [0, 0.1) is 10.1 Å². The van der Waals surface area contributed by atoms with E-state index in [1.54, 1.807) is 30.3 Å². The highest BCUT2D eigenvalue weighted by molar-refractivity contribution is 5.90. The number of rotatable bonds is 8. The van der Waals surface area contributed by atoms with Crippen LogP contribution in [0.3, 0.4) is 0 Å². The average molecular weight is 412 g/mol. The van der Waals surface area contributed by atoms with Gasteiger partial charge in [0, 0.05) is 36.5 Å². The number of methoxy groups -OCH3 is 1. The molecule has 158 valence electrons. The van der Waals surface area contributed by atoms with Gasteiger partial charge in [0.05, 0.1) is 18.2 Å². The number of ether oxygens (including phenoxy) is 2. The minimum Gasteiger partial charge on any atom is -0.493 e. The van der Waals surface area contributed by atoms with Crippen molar-refractivity contribution in [2.45, 2.75) is 19.3 Å². The summed E-state index contributed by atoms with van der Waals surface area (Å²) >= 11 is 0. The molecule has 1 heterocycles. The lowest BCUT2D eigenvalue weighted by atomic mass is 10.1. The molecule has 1 aliphatic rings. The van der Waals surface area contributed by atoms with Crippen molar-refractivity contribution < 1.29 is 19.2 Å². The van der Waals surface area contributed by atoms with Crippen LogP contribution in [0.1, 0.15) is 24.8 Å². The first kappa shape index (κ1) is 21.1. The maximum absolute atomic E-state index is 12.1. The SMILES string of the molecule is COc1ccccc1OCC(=O)N/N=C\c1cc([N+](=O)[O-])ccc1N1CCCCC1. The smallest absolute Gasteiger partial charge is 0.277 e. The number of nitro groups is 1. The van der Waals surface area contributed by atoms with E-state index in [2.05, 4.69) is 15.4 Å². The monoisotopic (exact) mass is 412 g/mol. The number of carbonyl (C=O) groups excluding carboxylic acids is 1. The number of hydrogen-bond acceptors (Lipinski definition) is 7. The van der Waals surface area contributed by atoms with E-state index in [0.29, 0.717) is 17.1 Å². The Labute approximate surface area is 174 Å². The number of non-ortho nitro benzene ring substituents is 1. The molecule has 0 aromatic heterocycles. The Hall–Kier alpha value is -3.62. The lowest BCUT2D eigenvalue weighted by Crippen LogP contribution is -2.30. The van der Waals surface area contributed by atoms with Crippen molar-refractivity contribution in [3.05, 3.63) is 58.1 Å². The number of para-hydroxylation sites is 2. The number of anilines is 1. The Morgan fingerprint density at radius 3 is 2.63 bits per heavy atom. The summed E-state index contributed by atoms with van der Waals surface area (Å²) in [6, 6.07) is 11.7. The Balaban J connectivity index is 1.65. The summed E-state index contributed by atoms with van der Waals surface area (Å²) in [7, 11) is 1.52. The zero-order valence-electron chi connectivity index (χ0n) is 16.7. The zero-order valence-corrected chi connectivity index (χ0v) is 16.7. The van der Waals surface area contributed by atoms with E-state index < -0.39 is 10.8 Å². The van der Waals surface area contributed by atoms with Crippen LogP contribution in [-0.2, 0) is 4.79 Å². The zero-order chi connectivity index (χ0) is 21.3. The van der Waals surface area contributed by atoms with E-state index in [0.717, 1.165) is 31.6 Å². The first-order valence-corrected chi connectivity index (χ1v) is 9.69. The van der Waals surface area contributed by atoms with Gasteiger partial charge in [-0.3, -0.25) is 14.9 Å². The van der Waals surface area contributed by atoms with E-state index in [1.807, 2.05) is 0 Å². The van der Waals surface area contributed by atoms with Crippen molar-refractivity contribution in [2.75, 3.05) is 31.7 Å². The summed E-state index contributed by atoms with van der Waals surface area (Å²) in [5, 5.41) is 15.1. The highest BCUT2D eigenvalue weighted by atomic mass is 16.6. The fraction of sp³-hybridized carbons (Fsp3) is 0.333. The van der Waals surface area contributed by atoms with Crippen LogP contribution in [0.25, 0.3) is 0 Å². The molecule has 0 radical (unpaired) electrons. The number of nitrogens with zero attached hydrogens (tertiary/aromatic N) is 3. The maximum atomic E-state index is 12.1. The molecule has 0 saturated carbocycles. The normalized spacial score (nSPS) is 13.8. The molecule has 1 fully saturated rings. The summed E-state index contributed by atoms with van der Waals surface area (Å²) in [5.41, 5.74) is 3.81. The molecule has 9 nitrogen and oxygen atoms in total. The Kier molecular flexibility index (Phi) is 7.20. The van der Waals surface area contributed by atoms with Crippen molar-refractivity contribution >= 4 is 23.5 Å². The first-order valence-electron chi connectivity index (χ1n) is 9.69. The highest BCUT2D eigenvalue weighted by Crippen LogP contribution is 2.27. The van der Waals surface area contributed by atoms with Crippen molar-refractivity contribution in [3.63, 3.8) is 0 Å². The summed E-state index contributed by atoms with van der Waals surface area (Å²) < 4.78 is 10.6. The van der Waals surface area contributed by atoms with Crippen molar-refractivity contribution in [1.29, 1.82) is 0 Å². The van der Waals surface area contributed by atoms with E-state index >= 15 is 0 Å². The quantitative estimate of drug-likeness (QED) is 0.406. The molecule has 30 heavy (non-hydrogen) atoms. The summed E-state index contributed by atoms with van der Waals surface area (Å²) in [4.78, 5) is 24.9. The minimum absolute atomic E-state index is 0.0250. The van der Waals surface area contributed by atoms with Gasteiger partial charge in [-0.05, 0) is 37.5 Å². The van der Waals surface area contributed by atoms with Crippen LogP contribution in [0.5, 0.6) is 11.5 Å². The second kappa shape index (κ2) is 10.2. The lowest BCUT2D eigenvalue weighted by Gasteiger charge is -2.29. The van der Waals surface area contributed by atoms with Gasteiger partial charge in [0.1, 0.15) is 0 Å². The molecule has 2 aromatic rings. The molecule has 2 aromatic carbocycles. The predicted octanol–water partition coefficient (Wildman–Crippen LogP) is 3.12. The molecule has 1 aliphatic heterocycles. The number of hydrogen-bond donors (Lipinski definition) is 1. The Morgan fingerprint density at radius 2 is 1.93 bits per heavy atom. The maximum Gasteiger partial charge on any atom is 0.277 e. The van der Waals surface area contributed by atoms with Gasteiger partial charge in [0.25, 0.3) is 11.6 Å². The first-order chi connectivity index (χ1) is 14.6. The summed E-state index contributed by atoms with van der Waals surface area (Å²) in [6.45, 7) is 1.53. The second-order valence-electron chi connectivity index (χ2n) is 6.78. The number of nitro benzene ring substituents is 1. The second-order valence-corrected chi connectivity index (χ2v) is 6.78. The number of carbonyl (C=O) groups is 1.